The van der Waals surface area contributed by atoms with E-state index in [1.807, 2.05) is 36.2 Å². The summed E-state index contributed by atoms with van der Waals surface area (Å²) >= 11 is 0. The van der Waals surface area contributed by atoms with E-state index in [-0.39, 0.29) is 6.04 Å². The third-order valence-corrected chi connectivity index (χ3v) is 8.42. The van der Waals surface area contributed by atoms with Crippen LogP contribution in [0.3, 0.4) is 0 Å². The van der Waals surface area contributed by atoms with Gasteiger partial charge in [0.15, 0.2) is 11.5 Å². The molecule has 1 aliphatic carbocycles. The molecule has 46 heavy (non-hydrogen) atoms. The van der Waals surface area contributed by atoms with Gasteiger partial charge in [-0.15, -0.1) is 0 Å². The highest BCUT2D eigenvalue weighted by Crippen LogP contribution is 2.49. The molecule has 5 aromatic rings. The molecule has 1 aliphatic heterocycles. The van der Waals surface area contributed by atoms with Gasteiger partial charge < -0.3 is 24.8 Å². The molecule has 12 nitrogen and oxygen atoms in total. The van der Waals surface area contributed by atoms with E-state index in [0.717, 1.165) is 37.8 Å². The Morgan fingerprint density at radius 2 is 1.80 bits per heavy atom. The van der Waals surface area contributed by atoms with Gasteiger partial charge in [0.1, 0.15) is 41.5 Å². The van der Waals surface area contributed by atoms with Gasteiger partial charge in [0, 0.05) is 41.4 Å². The van der Waals surface area contributed by atoms with Gasteiger partial charge in [0.2, 0.25) is 0 Å². The third kappa shape index (κ3) is 5.88. The molecule has 0 bridgehead atoms. The molecule has 2 aromatic carbocycles. The van der Waals surface area contributed by atoms with E-state index in [0.29, 0.717) is 62.7 Å². The largest absolute Gasteiger partial charge is 0.494 e. The topological polar surface area (TPSA) is 128 Å². The second kappa shape index (κ2) is 12.2. The minimum atomic E-state index is -0.848. The predicted octanol–water partition coefficient (Wildman–Crippen LogP) is 5.99. The summed E-state index contributed by atoms with van der Waals surface area (Å²) in [4.78, 5) is 28.1. The first-order valence-corrected chi connectivity index (χ1v) is 15.1. The van der Waals surface area contributed by atoms with Crippen LogP contribution in [0.5, 0.6) is 23.0 Å². The van der Waals surface area contributed by atoms with Crippen molar-refractivity contribution < 1.29 is 23.4 Å². The fourth-order valence-corrected chi connectivity index (χ4v) is 5.78. The van der Waals surface area contributed by atoms with Crippen molar-refractivity contribution in [2.24, 2.45) is 0 Å². The number of carbonyl (C=O) groups excluding carboxylic acids is 1. The van der Waals surface area contributed by atoms with Crippen molar-refractivity contribution in [2.45, 2.75) is 37.6 Å². The van der Waals surface area contributed by atoms with Crippen LogP contribution in [0.4, 0.5) is 21.6 Å². The summed E-state index contributed by atoms with van der Waals surface area (Å²) in [6.07, 6.45) is 9.97. The molecular weight excluding hydrogens is 591 g/mol. The van der Waals surface area contributed by atoms with E-state index in [1.54, 1.807) is 30.0 Å². The lowest BCUT2D eigenvalue weighted by Gasteiger charge is -2.18. The Morgan fingerprint density at radius 1 is 0.978 bits per heavy atom. The van der Waals surface area contributed by atoms with E-state index < -0.39 is 11.7 Å². The minimum absolute atomic E-state index is 0.113. The summed E-state index contributed by atoms with van der Waals surface area (Å²) in [6.45, 7) is 0.868. The number of nitrogens with one attached hydrogen (secondary N) is 2. The number of pyridine rings is 1. The van der Waals surface area contributed by atoms with Gasteiger partial charge in [-0.2, -0.15) is 5.10 Å². The van der Waals surface area contributed by atoms with Gasteiger partial charge in [-0.1, -0.05) is 0 Å². The van der Waals surface area contributed by atoms with Gasteiger partial charge in [-0.25, -0.2) is 23.9 Å². The standard InChI is InChI=1S/C33H33FN8O4/c1-41-9-4-5-20(41)11-24(34)33(43)40-27-14-23-25(15-29(27)44-2)35-17-37-32(23)39-26-13-22(19-6-7-19)28(16-30(26)45-3)46-21-8-10-42-31(12-21)36-18-38-42/h8,10-20H,4-7,9H2,1-3H3,(H,40,43)(H,35,37,39)/b24-11-. The van der Waals surface area contributed by atoms with Gasteiger partial charge in [0.05, 0.1) is 31.1 Å². The molecule has 1 unspecified atom stereocenters. The quantitative estimate of drug-likeness (QED) is 0.179. The third-order valence-electron chi connectivity index (χ3n) is 8.42. The summed E-state index contributed by atoms with van der Waals surface area (Å²) < 4.78 is 34.3. The summed E-state index contributed by atoms with van der Waals surface area (Å²) in [5.74, 6) is 1.34. The molecule has 1 saturated heterocycles. The van der Waals surface area contributed by atoms with E-state index in [1.165, 1.54) is 25.8 Å². The molecule has 13 heteroatoms. The van der Waals surface area contributed by atoms with Gasteiger partial charge in [0.25, 0.3) is 5.91 Å². The lowest BCUT2D eigenvalue weighted by molar-refractivity contribution is -0.114. The van der Waals surface area contributed by atoms with Crippen LogP contribution in [0.15, 0.2) is 67.2 Å². The van der Waals surface area contributed by atoms with Crippen molar-refractivity contribution in [3.63, 3.8) is 0 Å². The molecule has 1 saturated carbocycles. The number of hydrogen-bond acceptors (Lipinski definition) is 10. The number of hydrogen-bond donors (Lipinski definition) is 2. The second-order valence-corrected chi connectivity index (χ2v) is 11.5. The fourth-order valence-electron chi connectivity index (χ4n) is 5.78. The molecule has 0 spiro atoms. The second-order valence-electron chi connectivity index (χ2n) is 11.5. The molecule has 2 N–H and O–H groups in total. The average Bonchev–Trinajstić information content (AvgIpc) is 3.67. The monoisotopic (exact) mass is 624 g/mol. The zero-order valence-electron chi connectivity index (χ0n) is 25.7. The Kier molecular flexibility index (Phi) is 7.83. The van der Waals surface area contributed by atoms with E-state index in [2.05, 4.69) is 30.7 Å². The van der Waals surface area contributed by atoms with Crippen LogP contribution in [0.1, 0.15) is 37.2 Å². The van der Waals surface area contributed by atoms with Crippen LogP contribution in [-0.4, -0.2) is 69.2 Å². The van der Waals surface area contributed by atoms with Crippen molar-refractivity contribution in [1.82, 2.24) is 29.5 Å². The summed E-state index contributed by atoms with van der Waals surface area (Å²) in [5, 5.41) is 10.8. The first-order chi connectivity index (χ1) is 22.4. The van der Waals surface area contributed by atoms with Crippen molar-refractivity contribution in [1.29, 1.82) is 0 Å². The summed E-state index contributed by atoms with van der Waals surface area (Å²) in [7, 11) is 4.99. The van der Waals surface area contributed by atoms with Crippen LogP contribution in [0.25, 0.3) is 16.6 Å². The maximum atomic E-state index is 15.0. The molecular formula is C33H33FN8O4. The maximum absolute atomic E-state index is 15.0. The zero-order chi connectivity index (χ0) is 31.8. The molecule has 0 radical (unpaired) electrons. The normalized spacial score (nSPS) is 17.0. The lowest BCUT2D eigenvalue weighted by Crippen LogP contribution is -2.24. The molecule has 7 rings (SSSR count). The Labute approximate surface area is 264 Å². The molecule has 2 fully saturated rings. The highest BCUT2D eigenvalue weighted by atomic mass is 19.1. The van der Waals surface area contributed by atoms with Gasteiger partial charge >= 0.3 is 0 Å². The van der Waals surface area contributed by atoms with Gasteiger partial charge in [-0.3, -0.25) is 9.69 Å². The highest BCUT2D eigenvalue weighted by molar-refractivity contribution is 6.05. The van der Waals surface area contributed by atoms with Crippen LogP contribution in [-0.2, 0) is 4.79 Å². The summed E-state index contributed by atoms with van der Waals surface area (Å²) in [5.41, 5.74) is 3.26. The highest BCUT2D eigenvalue weighted by Gasteiger charge is 2.29. The van der Waals surface area contributed by atoms with E-state index in [4.69, 9.17) is 14.2 Å². The Hall–Kier alpha value is -5.30. The van der Waals surface area contributed by atoms with Crippen LogP contribution in [0.2, 0.25) is 0 Å². The number of ether oxygens (including phenoxy) is 3. The maximum Gasteiger partial charge on any atom is 0.284 e. The number of methoxy groups -OCH3 is 2. The number of nitrogens with zero attached hydrogens (tertiary/aromatic N) is 6. The van der Waals surface area contributed by atoms with Crippen LogP contribution < -0.4 is 24.8 Å². The number of likely N-dealkylation sites (tertiary alicyclic amines) is 1. The fraction of sp³-hybridized carbons (Fsp3) is 0.303. The number of anilines is 3. The molecule has 2 aliphatic rings. The number of rotatable bonds is 10. The number of aromatic nitrogens is 5. The Balaban J connectivity index is 1.20. The molecule has 1 amide bonds. The number of fused-ring (bicyclic) bond motifs is 2. The first kappa shape index (κ1) is 29.4. The molecule has 3 aromatic heterocycles. The number of carbonyl (C=O) groups is 1. The lowest BCUT2D eigenvalue weighted by atomic mass is 10.1. The minimum Gasteiger partial charge on any atom is -0.494 e. The molecule has 4 heterocycles. The Bertz CT molecular complexity index is 1970. The molecule has 1 atom stereocenters. The number of likely N-dealkylation sites (N-methyl/N-ethyl adjacent to an activating group) is 1. The average molecular weight is 625 g/mol. The first-order valence-electron chi connectivity index (χ1n) is 15.1. The van der Waals surface area contributed by atoms with E-state index in [9.17, 15) is 9.18 Å². The van der Waals surface area contributed by atoms with Crippen LogP contribution >= 0.6 is 0 Å². The molecule has 236 valence electrons. The number of halogens is 1. The van der Waals surface area contributed by atoms with Crippen molar-refractivity contribution in [2.75, 3.05) is 38.4 Å². The van der Waals surface area contributed by atoms with Crippen molar-refractivity contribution in [3.05, 3.63) is 72.7 Å². The SMILES string of the molecule is COc1cc2ncnc(Nc3cc(C4CC4)c(Oc4ccn5ncnc5c4)cc3OC)c2cc1NC(=O)/C(F)=C/C1CCCN1C. The number of benzene rings is 2. The van der Waals surface area contributed by atoms with Gasteiger partial charge in [-0.05, 0) is 69.5 Å². The van der Waals surface area contributed by atoms with Crippen molar-refractivity contribution in [3.8, 4) is 23.0 Å². The smallest absolute Gasteiger partial charge is 0.284 e. The van der Waals surface area contributed by atoms with Crippen LogP contribution in [0, 0.1) is 0 Å². The Morgan fingerprint density at radius 3 is 2.57 bits per heavy atom. The van der Waals surface area contributed by atoms with E-state index >= 15 is 0 Å². The zero-order valence-corrected chi connectivity index (χ0v) is 25.7. The summed E-state index contributed by atoms with van der Waals surface area (Å²) in [6, 6.07) is 10.8. The predicted molar refractivity (Wildman–Crippen MR) is 171 cm³/mol. The number of amides is 1. The van der Waals surface area contributed by atoms with Crippen molar-refractivity contribution >= 4 is 39.6 Å².